The third kappa shape index (κ3) is 4.63. The molecule has 1 aromatic heterocycles. The molecule has 0 aliphatic carbocycles. The Hall–Kier alpha value is -1.07. The smallest absolute Gasteiger partial charge is 0.236 e. The molecule has 0 saturated carbocycles. The SMILES string of the molecule is Cc1cc(CC(C)NC(=O)[C@@H](C)N)n[nH]1.Cl. The summed E-state index contributed by atoms with van der Waals surface area (Å²) in [5.74, 6) is -0.130. The van der Waals surface area contributed by atoms with E-state index in [0.717, 1.165) is 11.4 Å². The number of carbonyl (C=O) groups excluding carboxylic acids is 1. The number of carbonyl (C=O) groups is 1. The molecule has 0 radical (unpaired) electrons. The van der Waals surface area contributed by atoms with E-state index in [1.165, 1.54) is 0 Å². The van der Waals surface area contributed by atoms with Crippen LogP contribution in [0.15, 0.2) is 6.07 Å². The minimum Gasteiger partial charge on any atom is -0.352 e. The quantitative estimate of drug-likeness (QED) is 0.725. The molecule has 0 spiro atoms. The number of aromatic amines is 1. The molecule has 1 amide bonds. The van der Waals surface area contributed by atoms with Gasteiger partial charge in [0.05, 0.1) is 11.7 Å². The van der Waals surface area contributed by atoms with Crippen LogP contribution in [0.1, 0.15) is 25.2 Å². The third-order valence-electron chi connectivity index (χ3n) is 2.08. The predicted molar refractivity (Wildman–Crippen MR) is 65.5 cm³/mol. The van der Waals surface area contributed by atoms with Crippen LogP contribution >= 0.6 is 12.4 Å². The molecule has 5 nitrogen and oxygen atoms in total. The van der Waals surface area contributed by atoms with Gasteiger partial charge in [0.2, 0.25) is 5.91 Å². The minimum atomic E-state index is -0.464. The molecule has 1 aromatic rings. The number of nitrogens with zero attached hydrogens (tertiary/aromatic N) is 1. The van der Waals surface area contributed by atoms with E-state index < -0.39 is 6.04 Å². The molecule has 0 aromatic carbocycles. The molecular formula is C10H19ClN4O. The molecule has 1 rings (SSSR count). The molecule has 1 unspecified atom stereocenters. The molecule has 0 aliphatic rings. The number of amides is 1. The van der Waals surface area contributed by atoms with E-state index in [1.54, 1.807) is 6.92 Å². The zero-order chi connectivity index (χ0) is 11.4. The second kappa shape index (κ2) is 6.50. The summed E-state index contributed by atoms with van der Waals surface area (Å²) in [5, 5.41) is 9.78. The lowest BCUT2D eigenvalue weighted by Crippen LogP contribution is -2.43. The van der Waals surface area contributed by atoms with E-state index >= 15 is 0 Å². The lowest BCUT2D eigenvalue weighted by atomic mass is 10.1. The Morgan fingerprint density at radius 3 is 2.69 bits per heavy atom. The van der Waals surface area contributed by atoms with Crippen LogP contribution in [0, 0.1) is 6.92 Å². The molecule has 4 N–H and O–H groups in total. The number of hydrogen-bond acceptors (Lipinski definition) is 3. The fraction of sp³-hybridized carbons (Fsp3) is 0.600. The van der Waals surface area contributed by atoms with E-state index in [9.17, 15) is 4.79 Å². The van der Waals surface area contributed by atoms with Gasteiger partial charge in [0, 0.05) is 18.2 Å². The molecule has 0 fully saturated rings. The van der Waals surface area contributed by atoms with Crippen molar-refractivity contribution in [3.05, 3.63) is 17.5 Å². The van der Waals surface area contributed by atoms with E-state index in [-0.39, 0.29) is 24.4 Å². The summed E-state index contributed by atoms with van der Waals surface area (Å²) in [4.78, 5) is 11.3. The maximum Gasteiger partial charge on any atom is 0.236 e. The van der Waals surface area contributed by atoms with Crippen LogP contribution < -0.4 is 11.1 Å². The van der Waals surface area contributed by atoms with E-state index in [1.807, 2.05) is 19.9 Å². The maximum atomic E-state index is 11.3. The Labute approximate surface area is 102 Å². The lowest BCUT2D eigenvalue weighted by Gasteiger charge is -2.14. The zero-order valence-corrected chi connectivity index (χ0v) is 10.6. The first-order valence-electron chi connectivity index (χ1n) is 5.06. The topological polar surface area (TPSA) is 83.8 Å². The van der Waals surface area contributed by atoms with Crippen LogP contribution in [0.3, 0.4) is 0 Å². The average Bonchev–Trinajstić information content (AvgIpc) is 2.50. The second-order valence-electron chi connectivity index (χ2n) is 3.94. The van der Waals surface area contributed by atoms with Crippen molar-refractivity contribution in [2.24, 2.45) is 5.73 Å². The number of aromatic nitrogens is 2. The van der Waals surface area contributed by atoms with Crippen molar-refractivity contribution in [1.29, 1.82) is 0 Å². The normalized spacial score (nSPS) is 13.8. The highest BCUT2D eigenvalue weighted by Gasteiger charge is 2.12. The number of H-pyrrole nitrogens is 1. The van der Waals surface area contributed by atoms with Crippen molar-refractivity contribution in [2.75, 3.05) is 0 Å². The monoisotopic (exact) mass is 246 g/mol. The Bertz CT molecular complexity index is 337. The van der Waals surface area contributed by atoms with Gasteiger partial charge in [-0.3, -0.25) is 9.89 Å². The zero-order valence-electron chi connectivity index (χ0n) is 9.78. The van der Waals surface area contributed by atoms with Gasteiger partial charge in [-0.15, -0.1) is 12.4 Å². The molecule has 16 heavy (non-hydrogen) atoms. The van der Waals surface area contributed by atoms with Crippen LogP contribution in [-0.4, -0.2) is 28.2 Å². The van der Waals surface area contributed by atoms with Gasteiger partial charge in [-0.2, -0.15) is 5.10 Å². The molecule has 0 aliphatic heterocycles. The predicted octanol–water partition coefficient (Wildman–Crippen LogP) is 0.534. The van der Waals surface area contributed by atoms with E-state index in [4.69, 9.17) is 5.73 Å². The highest BCUT2D eigenvalue weighted by Crippen LogP contribution is 2.01. The fourth-order valence-corrected chi connectivity index (χ4v) is 1.32. The fourth-order valence-electron chi connectivity index (χ4n) is 1.32. The first-order chi connectivity index (χ1) is 6.99. The summed E-state index contributed by atoms with van der Waals surface area (Å²) in [6.07, 6.45) is 0.711. The summed E-state index contributed by atoms with van der Waals surface area (Å²) >= 11 is 0. The molecule has 0 saturated heterocycles. The standard InChI is InChI=1S/C10H18N4O.ClH/c1-6(12-10(15)8(3)11)4-9-5-7(2)13-14-9;/h5-6,8H,4,11H2,1-3H3,(H,12,15)(H,13,14);1H/t6?,8-;/m1./s1. The van der Waals surface area contributed by atoms with Gasteiger partial charge in [-0.25, -0.2) is 0 Å². The Balaban J connectivity index is 0.00000225. The van der Waals surface area contributed by atoms with Gasteiger partial charge >= 0.3 is 0 Å². The molecule has 1 heterocycles. The third-order valence-corrected chi connectivity index (χ3v) is 2.08. The van der Waals surface area contributed by atoms with Gasteiger partial charge in [-0.1, -0.05) is 0 Å². The van der Waals surface area contributed by atoms with Crippen LogP contribution in [0.2, 0.25) is 0 Å². The largest absolute Gasteiger partial charge is 0.352 e. The maximum absolute atomic E-state index is 11.3. The minimum absolute atomic E-state index is 0. The number of aryl methyl sites for hydroxylation is 1. The summed E-state index contributed by atoms with van der Waals surface area (Å²) in [6, 6.07) is 1.55. The highest BCUT2D eigenvalue weighted by atomic mass is 35.5. The first kappa shape index (κ1) is 14.9. The summed E-state index contributed by atoms with van der Waals surface area (Å²) in [6.45, 7) is 5.55. The van der Waals surface area contributed by atoms with Crippen molar-refractivity contribution in [3.63, 3.8) is 0 Å². The first-order valence-corrected chi connectivity index (χ1v) is 5.06. The van der Waals surface area contributed by atoms with Crippen molar-refractivity contribution in [2.45, 2.75) is 39.3 Å². The van der Waals surface area contributed by atoms with Crippen LogP contribution in [0.25, 0.3) is 0 Å². The Morgan fingerprint density at radius 1 is 1.62 bits per heavy atom. The number of halogens is 1. The molecule has 0 bridgehead atoms. The highest BCUT2D eigenvalue weighted by molar-refractivity contribution is 5.85. The van der Waals surface area contributed by atoms with E-state index in [0.29, 0.717) is 6.42 Å². The molecule has 92 valence electrons. The average molecular weight is 247 g/mol. The van der Waals surface area contributed by atoms with Crippen LogP contribution in [-0.2, 0) is 11.2 Å². The summed E-state index contributed by atoms with van der Waals surface area (Å²) in [5.41, 5.74) is 7.42. The van der Waals surface area contributed by atoms with E-state index in [2.05, 4.69) is 15.5 Å². The van der Waals surface area contributed by atoms with Gasteiger partial charge in [-0.05, 0) is 26.8 Å². The molecule has 6 heteroatoms. The Morgan fingerprint density at radius 2 is 2.25 bits per heavy atom. The number of nitrogens with one attached hydrogen (secondary N) is 2. The summed E-state index contributed by atoms with van der Waals surface area (Å²) in [7, 11) is 0. The molecular weight excluding hydrogens is 228 g/mol. The van der Waals surface area contributed by atoms with Gasteiger partial charge < -0.3 is 11.1 Å². The van der Waals surface area contributed by atoms with Crippen LogP contribution in [0.5, 0.6) is 0 Å². The van der Waals surface area contributed by atoms with Crippen LogP contribution in [0.4, 0.5) is 0 Å². The second-order valence-corrected chi connectivity index (χ2v) is 3.94. The lowest BCUT2D eigenvalue weighted by molar-refractivity contribution is -0.122. The van der Waals surface area contributed by atoms with Crippen molar-refractivity contribution < 1.29 is 4.79 Å². The summed E-state index contributed by atoms with van der Waals surface area (Å²) < 4.78 is 0. The van der Waals surface area contributed by atoms with Gasteiger partial charge in [0.15, 0.2) is 0 Å². The van der Waals surface area contributed by atoms with Crippen molar-refractivity contribution in [3.8, 4) is 0 Å². The van der Waals surface area contributed by atoms with Gasteiger partial charge in [0.25, 0.3) is 0 Å². The van der Waals surface area contributed by atoms with Crippen molar-refractivity contribution >= 4 is 18.3 Å². The van der Waals surface area contributed by atoms with Gasteiger partial charge in [0.1, 0.15) is 0 Å². The van der Waals surface area contributed by atoms with Crippen molar-refractivity contribution in [1.82, 2.24) is 15.5 Å². The number of hydrogen-bond donors (Lipinski definition) is 3. The number of rotatable bonds is 4. The molecule has 2 atom stereocenters. The Kier molecular flexibility index (Phi) is 6.06. The number of nitrogens with two attached hydrogens (primary N) is 1.